The molecular weight excluding hydrogens is 225 g/mol. The summed E-state index contributed by atoms with van der Waals surface area (Å²) in [6.07, 6.45) is 2.67. The third-order valence-corrected chi connectivity index (χ3v) is 2.67. The summed E-state index contributed by atoms with van der Waals surface area (Å²) in [5.41, 5.74) is 6.56. The molecule has 0 amide bonds. The molecule has 0 radical (unpaired) electrons. The van der Waals surface area contributed by atoms with Crippen LogP contribution in [-0.4, -0.2) is 24.7 Å². The van der Waals surface area contributed by atoms with Crippen LogP contribution < -0.4 is 10.5 Å². The van der Waals surface area contributed by atoms with Crippen LogP contribution in [0.3, 0.4) is 0 Å². The number of nitrogens with two attached hydrogens (primary N) is 1. The van der Waals surface area contributed by atoms with Crippen molar-refractivity contribution < 1.29 is 9.13 Å². The smallest absolute Gasteiger partial charge is 0.165 e. The second kappa shape index (κ2) is 6.76. The second-order valence-corrected chi connectivity index (χ2v) is 4.77. The topological polar surface area (TPSA) is 35.2 Å². The van der Waals surface area contributed by atoms with Crippen LogP contribution in [0.15, 0.2) is 18.2 Å². The van der Waals surface area contributed by atoms with Crippen molar-refractivity contribution in [2.75, 3.05) is 18.6 Å². The van der Waals surface area contributed by atoms with Gasteiger partial charge in [-0.2, -0.15) is 11.8 Å². The number of benzene rings is 1. The Kier molecular flexibility index (Phi) is 5.63. The summed E-state index contributed by atoms with van der Waals surface area (Å²) in [6.45, 7) is 2.44. The zero-order chi connectivity index (χ0) is 12.0. The first-order chi connectivity index (χ1) is 7.63. The Morgan fingerprint density at radius 2 is 2.25 bits per heavy atom. The number of hydrogen-bond donors (Lipinski definition) is 1. The standard InChI is InChI=1S/C12H18FNOS/c1-9(14)7-10-3-4-12(11(13)8-10)15-5-6-16-2/h3-4,8-9H,5-7,14H2,1-2H3. The molecule has 0 aromatic heterocycles. The molecule has 1 rings (SSSR count). The summed E-state index contributed by atoms with van der Waals surface area (Å²) in [5, 5.41) is 0. The van der Waals surface area contributed by atoms with E-state index in [-0.39, 0.29) is 11.9 Å². The van der Waals surface area contributed by atoms with Crippen molar-refractivity contribution in [1.82, 2.24) is 0 Å². The minimum absolute atomic E-state index is 0.0441. The molecule has 1 aromatic carbocycles. The predicted molar refractivity (Wildman–Crippen MR) is 67.6 cm³/mol. The molecule has 0 heterocycles. The van der Waals surface area contributed by atoms with E-state index in [0.717, 1.165) is 11.3 Å². The van der Waals surface area contributed by atoms with Gasteiger partial charge in [0.25, 0.3) is 0 Å². The van der Waals surface area contributed by atoms with Gasteiger partial charge in [0.05, 0.1) is 6.61 Å². The summed E-state index contributed by atoms with van der Waals surface area (Å²) < 4.78 is 18.9. The molecule has 0 bridgehead atoms. The first-order valence-corrected chi connectivity index (χ1v) is 6.68. The lowest BCUT2D eigenvalue weighted by atomic mass is 10.1. The summed E-state index contributed by atoms with van der Waals surface area (Å²) >= 11 is 1.67. The third-order valence-electron chi connectivity index (χ3n) is 2.10. The first-order valence-electron chi connectivity index (χ1n) is 5.29. The van der Waals surface area contributed by atoms with Crippen molar-refractivity contribution in [3.05, 3.63) is 29.6 Å². The van der Waals surface area contributed by atoms with E-state index in [4.69, 9.17) is 10.5 Å². The quantitative estimate of drug-likeness (QED) is 0.780. The molecule has 0 aliphatic heterocycles. The van der Waals surface area contributed by atoms with Gasteiger partial charge >= 0.3 is 0 Å². The average molecular weight is 243 g/mol. The maximum absolute atomic E-state index is 13.6. The van der Waals surface area contributed by atoms with Gasteiger partial charge in [0, 0.05) is 11.8 Å². The fraction of sp³-hybridized carbons (Fsp3) is 0.500. The van der Waals surface area contributed by atoms with Crippen LogP contribution in [-0.2, 0) is 6.42 Å². The highest BCUT2D eigenvalue weighted by Gasteiger charge is 2.05. The van der Waals surface area contributed by atoms with Crippen LogP contribution in [0.1, 0.15) is 12.5 Å². The average Bonchev–Trinajstić information content (AvgIpc) is 2.20. The highest BCUT2D eigenvalue weighted by Crippen LogP contribution is 2.19. The van der Waals surface area contributed by atoms with Crippen LogP contribution in [0.25, 0.3) is 0 Å². The van der Waals surface area contributed by atoms with E-state index in [1.165, 1.54) is 6.07 Å². The molecule has 1 atom stereocenters. The molecule has 0 saturated heterocycles. The van der Waals surface area contributed by atoms with E-state index in [0.29, 0.717) is 18.8 Å². The number of rotatable bonds is 6. The zero-order valence-electron chi connectivity index (χ0n) is 9.70. The van der Waals surface area contributed by atoms with Crippen molar-refractivity contribution in [3.63, 3.8) is 0 Å². The van der Waals surface area contributed by atoms with Gasteiger partial charge in [0.1, 0.15) is 0 Å². The minimum atomic E-state index is -0.306. The Balaban J connectivity index is 2.60. The fourth-order valence-corrected chi connectivity index (χ4v) is 1.65. The first kappa shape index (κ1) is 13.3. The van der Waals surface area contributed by atoms with E-state index >= 15 is 0 Å². The van der Waals surface area contributed by atoms with Gasteiger partial charge in [0.15, 0.2) is 11.6 Å². The molecule has 90 valence electrons. The molecule has 0 saturated carbocycles. The summed E-state index contributed by atoms with van der Waals surface area (Å²) in [4.78, 5) is 0. The molecule has 0 aliphatic carbocycles. The molecule has 1 unspecified atom stereocenters. The number of thioether (sulfide) groups is 1. The lowest BCUT2D eigenvalue weighted by Crippen LogP contribution is -2.17. The molecular formula is C12H18FNOS. The lowest BCUT2D eigenvalue weighted by Gasteiger charge is -2.09. The Hall–Kier alpha value is -0.740. The number of halogens is 1. The maximum atomic E-state index is 13.6. The van der Waals surface area contributed by atoms with Crippen molar-refractivity contribution >= 4 is 11.8 Å². The molecule has 2 nitrogen and oxygen atoms in total. The maximum Gasteiger partial charge on any atom is 0.165 e. The molecule has 0 aliphatic rings. The van der Waals surface area contributed by atoms with Crippen molar-refractivity contribution in [3.8, 4) is 5.75 Å². The normalized spacial score (nSPS) is 12.5. The van der Waals surface area contributed by atoms with E-state index < -0.39 is 0 Å². The van der Waals surface area contributed by atoms with Crippen LogP contribution >= 0.6 is 11.8 Å². The van der Waals surface area contributed by atoms with E-state index in [1.54, 1.807) is 17.8 Å². The predicted octanol–water partition coefficient (Wildman–Crippen LogP) is 2.46. The van der Waals surface area contributed by atoms with Gasteiger partial charge < -0.3 is 10.5 Å². The van der Waals surface area contributed by atoms with Gasteiger partial charge in [0.2, 0.25) is 0 Å². The van der Waals surface area contributed by atoms with Crippen LogP contribution in [0.4, 0.5) is 4.39 Å². The van der Waals surface area contributed by atoms with Gasteiger partial charge in [-0.3, -0.25) is 0 Å². The van der Waals surface area contributed by atoms with Crippen LogP contribution in [0.5, 0.6) is 5.75 Å². The van der Waals surface area contributed by atoms with Crippen LogP contribution in [0.2, 0.25) is 0 Å². The number of hydrogen-bond acceptors (Lipinski definition) is 3. The van der Waals surface area contributed by atoms with E-state index in [1.807, 2.05) is 19.2 Å². The summed E-state index contributed by atoms with van der Waals surface area (Å²) in [7, 11) is 0. The van der Waals surface area contributed by atoms with Crippen molar-refractivity contribution in [2.45, 2.75) is 19.4 Å². The molecule has 4 heteroatoms. The SMILES string of the molecule is CSCCOc1ccc(CC(C)N)cc1F. The minimum Gasteiger partial charge on any atom is -0.490 e. The Labute approximate surface area is 100 Å². The van der Waals surface area contributed by atoms with Gasteiger partial charge in [-0.05, 0) is 37.3 Å². The molecule has 2 N–H and O–H groups in total. The van der Waals surface area contributed by atoms with Crippen molar-refractivity contribution in [2.24, 2.45) is 5.73 Å². The van der Waals surface area contributed by atoms with E-state index in [9.17, 15) is 4.39 Å². The zero-order valence-corrected chi connectivity index (χ0v) is 10.5. The van der Waals surface area contributed by atoms with Gasteiger partial charge in [-0.25, -0.2) is 4.39 Å². The molecule has 0 spiro atoms. The number of ether oxygens (including phenoxy) is 1. The highest BCUT2D eigenvalue weighted by atomic mass is 32.2. The van der Waals surface area contributed by atoms with Crippen LogP contribution in [0, 0.1) is 5.82 Å². The van der Waals surface area contributed by atoms with Gasteiger partial charge in [-0.15, -0.1) is 0 Å². The largest absolute Gasteiger partial charge is 0.490 e. The van der Waals surface area contributed by atoms with E-state index in [2.05, 4.69) is 0 Å². The highest BCUT2D eigenvalue weighted by molar-refractivity contribution is 7.98. The summed E-state index contributed by atoms with van der Waals surface area (Å²) in [6, 6.07) is 5.08. The Morgan fingerprint density at radius 3 is 2.81 bits per heavy atom. The molecule has 1 aromatic rings. The van der Waals surface area contributed by atoms with Crippen molar-refractivity contribution in [1.29, 1.82) is 0 Å². The fourth-order valence-electron chi connectivity index (χ4n) is 1.40. The van der Waals surface area contributed by atoms with Gasteiger partial charge in [-0.1, -0.05) is 6.07 Å². The second-order valence-electron chi connectivity index (χ2n) is 3.79. The Morgan fingerprint density at radius 1 is 1.50 bits per heavy atom. The summed E-state index contributed by atoms with van der Waals surface area (Å²) in [5.74, 6) is 0.878. The lowest BCUT2D eigenvalue weighted by molar-refractivity contribution is 0.324. The molecule has 0 fully saturated rings. The Bertz CT molecular complexity index is 331. The molecule has 16 heavy (non-hydrogen) atoms. The monoisotopic (exact) mass is 243 g/mol. The third kappa shape index (κ3) is 4.41.